The Kier molecular flexibility index (Phi) is 5.87. The summed E-state index contributed by atoms with van der Waals surface area (Å²) in [5.41, 5.74) is 0.577. The molecule has 2 fully saturated rings. The van der Waals surface area contributed by atoms with Gasteiger partial charge < -0.3 is 15.0 Å². The molecule has 30 heavy (non-hydrogen) atoms. The maximum absolute atomic E-state index is 13.4. The molecular formula is C21H22F2N4O3. The van der Waals surface area contributed by atoms with E-state index < -0.39 is 11.6 Å². The van der Waals surface area contributed by atoms with E-state index in [1.165, 1.54) is 24.5 Å². The minimum atomic E-state index is -0.697. The number of benzene rings is 1. The van der Waals surface area contributed by atoms with Gasteiger partial charge in [0.15, 0.2) is 5.82 Å². The van der Waals surface area contributed by atoms with Crippen LogP contribution in [0.5, 0.6) is 0 Å². The van der Waals surface area contributed by atoms with Crippen molar-refractivity contribution in [2.45, 2.75) is 38.1 Å². The van der Waals surface area contributed by atoms with Gasteiger partial charge in [0.05, 0.1) is 24.7 Å². The number of carbonyl (C=O) groups excluding carboxylic acids is 2. The third kappa shape index (κ3) is 4.55. The normalized spacial score (nSPS) is 21.8. The van der Waals surface area contributed by atoms with Crippen molar-refractivity contribution in [2.24, 2.45) is 5.92 Å². The number of hydrogen-bond donors (Lipinski definition) is 1. The molecule has 0 atom stereocenters. The Bertz CT molecular complexity index is 910. The highest BCUT2D eigenvalue weighted by molar-refractivity contribution is 5.91. The number of nitrogens with zero attached hydrogens (tertiary/aromatic N) is 3. The van der Waals surface area contributed by atoms with Gasteiger partial charge in [-0.15, -0.1) is 0 Å². The van der Waals surface area contributed by atoms with Crippen LogP contribution in [-0.2, 0) is 9.53 Å². The molecule has 0 unspecified atom stereocenters. The maximum atomic E-state index is 13.4. The van der Waals surface area contributed by atoms with Gasteiger partial charge in [-0.3, -0.25) is 9.78 Å². The number of hydrogen-bond acceptors (Lipinski definition) is 5. The van der Waals surface area contributed by atoms with E-state index in [0.717, 1.165) is 25.3 Å². The second-order valence-electron chi connectivity index (χ2n) is 7.60. The van der Waals surface area contributed by atoms with Crippen LogP contribution >= 0.6 is 0 Å². The average molecular weight is 416 g/mol. The average Bonchev–Trinajstić information content (AvgIpc) is 2.74. The van der Waals surface area contributed by atoms with Crippen molar-refractivity contribution in [1.82, 2.24) is 14.9 Å². The van der Waals surface area contributed by atoms with Crippen molar-refractivity contribution >= 4 is 17.8 Å². The minimum Gasteiger partial charge on any atom is -0.449 e. The highest BCUT2D eigenvalue weighted by atomic mass is 19.1. The fraction of sp³-hybridized carbons (Fsp3) is 0.429. The zero-order valence-corrected chi connectivity index (χ0v) is 16.3. The van der Waals surface area contributed by atoms with Crippen molar-refractivity contribution < 1.29 is 23.1 Å². The van der Waals surface area contributed by atoms with Crippen LogP contribution < -0.4 is 5.32 Å². The quantitative estimate of drug-likeness (QED) is 0.820. The first-order valence-corrected chi connectivity index (χ1v) is 10.0. The summed E-state index contributed by atoms with van der Waals surface area (Å²) in [5, 5.41) is 2.75. The predicted molar refractivity (Wildman–Crippen MR) is 104 cm³/mol. The summed E-state index contributed by atoms with van der Waals surface area (Å²) in [6.45, 7) is 1.18. The molecule has 0 bridgehead atoms. The first-order valence-electron chi connectivity index (χ1n) is 10.0. The molecule has 2 aromatic rings. The van der Waals surface area contributed by atoms with Crippen molar-refractivity contribution in [1.29, 1.82) is 0 Å². The number of aromatic nitrogens is 2. The van der Waals surface area contributed by atoms with E-state index in [4.69, 9.17) is 4.74 Å². The molecule has 1 aromatic heterocycles. The molecule has 158 valence electrons. The van der Waals surface area contributed by atoms with Crippen LogP contribution in [0.3, 0.4) is 0 Å². The number of nitrogens with one attached hydrogen (secondary N) is 1. The number of ether oxygens (including phenoxy) is 1. The monoisotopic (exact) mass is 416 g/mol. The van der Waals surface area contributed by atoms with Crippen molar-refractivity contribution in [3.8, 4) is 11.3 Å². The Morgan fingerprint density at radius 1 is 1.07 bits per heavy atom. The van der Waals surface area contributed by atoms with Gasteiger partial charge in [-0.25, -0.2) is 18.6 Å². The molecule has 1 aliphatic carbocycles. The van der Waals surface area contributed by atoms with E-state index in [0.29, 0.717) is 31.7 Å². The van der Waals surface area contributed by atoms with Gasteiger partial charge in [-0.1, -0.05) is 0 Å². The molecule has 2 heterocycles. The molecule has 9 heteroatoms. The molecule has 2 amide bonds. The standard InChI is InChI=1S/C21H22F2N4O3/c22-15-8-14(9-16(23)10-15)18-11-25-19(12-24-18)26-20(28)13-2-4-17(5-3-13)27-6-1-7-30-21(27)29/h8-13,17H,1-7H2,(H,25,26,28). The zero-order chi connectivity index (χ0) is 21.1. The highest BCUT2D eigenvalue weighted by Gasteiger charge is 2.33. The summed E-state index contributed by atoms with van der Waals surface area (Å²) in [5.74, 6) is -1.42. The molecule has 0 spiro atoms. The topological polar surface area (TPSA) is 84.4 Å². The van der Waals surface area contributed by atoms with Crippen LogP contribution in [-0.4, -0.2) is 46.1 Å². The number of rotatable bonds is 4. The Hall–Kier alpha value is -3.10. The van der Waals surface area contributed by atoms with Gasteiger partial charge in [0.1, 0.15) is 11.6 Å². The zero-order valence-electron chi connectivity index (χ0n) is 16.3. The van der Waals surface area contributed by atoms with Crippen LogP contribution in [0.2, 0.25) is 0 Å². The third-order valence-electron chi connectivity index (χ3n) is 5.57. The van der Waals surface area contributed by atoms with Gasteiger partial charge >= 0.3 is 6.09 Å². The van der Waals surface area contributed by atoms with Gasteiger partial charge in [-0.05, 0) is 44.2 Å². The fourth-order valence-corrected chi connectivity index (χ4v) is 4.02. The Morgan fingerprint density at radius 3 is 2.43 bits per heavy atom. The van der Waals surface area contributed by atoms with E-state index in [-0.39, 0.29) is 35.3 Å². The molecule has 7 nitrogen and oxygen atoms in total. The van der Waals surface area contributed by atoms with Crippen LogP contribution in [0.4, 0.5) is 19.4 Å². The lowest BCUT2D eigenvalue weighted by Crippen LogP contribution is -2.46. The third-order valence-corrected chi connectivity index (χ3v) is 5.57. The molecule has 1 saturated heterocycles. The fourth-order valence-electron chi connectivity index (χ4n) is 4.02. The smallest absolute Gasteiger partial charge is 0.410 e. The van der Waals surface area contributed by atoms with Gasteiger partial charge in [0.25, 0.3) is 0 Å². The molecule has 0 radical (unpaired) electrons. The van der Waals surface area contributed by atoms with Crippen LogP contribution in [0.25, 0.3) is 11.3 Å². The Balaban J connectivity index is 1.32. The van der Waals surface area contributed by atoms with Crippen molar-refractivity contribution in [2.75, 3.05) is 18.5 Å². The lowest BCUT2D eigenvalue weighted by molar-refractivity contribution is -0.121. The SMILES string of the molecule is O=C(Nc1cnc(-c2cc(F)cc(F)c2)cn1)C1CCC(N2CCCOC2=O)CC1. The summed E-state index contributed by atoms with van der Waals surface area (Å²) in [4.78, 5) is 34.5. The van der Waals surface area contributed by atoms with Crippen LogP contribution in [0.1, 0.15) is 32.1 Å². The second-order valence-corrected chi connectivity index (χ2v) is 7.60. The number of halogens is 2. The number of amides is 2. The summed E-state index contributed by atoms with van der Waals surface area (Å²) in [7, 11) is 0. The number of carbonyl (C=O) groups is 2. The largest absolute Gasteiger partial charge is 0.449 e. The van der Waals surface area contributed by atoms with E-state index in [1.807, 2.05) is 0 Å². The molecule has 1 aliphatic heterocycles. The second kappa shape index (κ2) is 8.73. The summed E-state index contributed by atoms with van der Waals surface area (Å²) < 4.78 is 31.8. The van der Waals surface area contributed by atoms with Gasteiger partial charge in [0, 0.05) is 30.1 Å². The van der Waals surface area contributed by atoms with Gasteiger partial charge in [-0.2, -0.15) is 0 Å². The number of anilines is 1. The molecular weight excluding hydrogens is 394 g/mol. The molecule has 2 aliphatic rings. The van der Waals surface area contributed by atoms with Gasteiger partial charge in [0.2, 0.25) is 5.91 Å². The van der Waals surface area contributed by atoms with E-state index in [2.05, 4.69) is 15.3 Å². The molecule has 1 N–H and O–H groups in total. The number of cyclic esters (lactones) is 1. The molecule has 4 rings (SSSR count). The lowest BCUT2D eigenvalue weighted by atomic mass is 9.84. The molecule has 1 saturated carbocycles. The first-order chi connectivity index (χ1) is 14.5. The lowest BCUT2D eigenvalue weighted by Gasteiger charge is -2.37. The summed E-state index contributed by atoms with van der Waals surface area (Å²) >= 11 is 0. The van der Waals surface area contributed by atoms with E-state index in [9.17, 15) is 18.4 Å². The van der Waals surface area contributed by atoms with E-state index >= 15 is 0 Å². The van der Waals surface area contributed by atoms with Crippen LogP contribution in [0, 0.1) is 17.6 Å². The van der Waals surface area contributed by atoms with Crippen molar-refractivity contribution in [3.63, 3.8) is 0 Å². The maximum Gasteiger partial charge on any atom is 0.410 e. The molecule has 1 aromatic carbocycles. The predicted octanol–water partition coefficient (Wildman–Crippen LogP) is 3.76. The Labute approximate surface area is 172 Å². The van der Waals surface area contributed by atoms with Crippen LogP contribution in [0.15, 0.2) is 30.6 Å². The Morgan fingerprint density at radius 2 is 1.80 bits per heavy atom. The summed E-state index contributed by atoms with van der Waals surface area (Å²) in [6.07, 6.45) is 6.16. The summed E-state index contributed by atoms with van der Waals surface area (Å²) in [6, 6.07) is 3.24. The first kappa shape index (κ1) is 20.2. The van der Waals surface area contributed by atoms with Crippen molar-refractivity contribution in [3.05, 3.63) is 42.2 Å². The highest BCUT2D eigenvalue weighted by Crippen LogP contribution is 2.30. The van der Waals surface area contributed by atoms with E-state index in [1.54, 1.807) is 4.90 Å². The minimum absolute atomic E-state index is 0.118.